The number of carbonyl (C=O) groups is 3. The lowest BCUT2D eigenvalue weighted by atomic mass is 9.87. The molecule has 1 saturated heterocycles. The number of nitrogens with one attached hydrogen (secondary N) is 1. The molecule has 0 radical (unpaired) electrons. The molecule has 2 fully saturated rings. The van der Waals surface area contributed by atoms with Crippen molar-refractivity contribution < 1.29 is 23.9 Å². The number of esters is 1. The third-order valence-electron chi connectivity index (χ3n) is 7.61. The molecule has 1 saturated carbocycles. The molecule has 0 spiro atoms. The number of nitrogens with zero attached hydrogens (tertiary/aromatic N) is 1. The van der Waals surface area contributed by atoms with Crippen LogP contribution in [0.15, 0.2) is 46.9 Å². The number of rotatable bonds is 7. The number of halogens is 1. The fourth-order valence-electron chi connectivity index (χ4n) is 5.60. The Bertz CT molecular complexity index is 1130. The average Bonchev–Trinajstić information content (AvgIpc) is 3.33. The van der Waals surface area contributed by atoms with Gasteiger partial charge in [-0.2, -0.15) is 0 Å². The SMILES string of the molecule is COC(=O)C1CC(C(=O)NCc2ccc(C)cc2)N(C(=O)C2CCCCC2)C1c1ccc(OC)c(Br)c1. The van der Waals surface area contributed by atoms with Gasteiger partial charge in [0.2, 0.25) is 11.8 Å². The van der Waals surface area contributed by atoms with Crippen molar-refractivity contribution in [3.63, 3.8) is 0 Å². The Morgan fingerprint density at radius 2 is 1.73 bits per heavy atom. The molecule has 8 heteroatoms. The van der Waals surface area contributed by atoms with Gasteiger partial charge in [-0.05, 0) is 65.4 Å². The molecular weight excluding hydrogens is 536 g/mol. The second-order valence-corrected chi connectivity index (χ2v) is 10.9. The van der Waals surface area contributed by atoms with Crippen LogP contribution in [0.1, 0.15) is 61.3 Å². The van der Waals surface area contributed by atoms with Gasteiger partial charge in [0.1, 0.15) is 11.8 Å². The van der Waals surface area contributed by atoms with E-state index in [0.717, 1.165) is 48.8 Å². The van der Waals surface area contributed by atoms with E-state index < -0.39 is 24.0 Å². The molecule has 198 valence electrons. The maximum absolute atomic E-state index is 14.0. The van der Waals surface area contributed by atoms with Gasteiger partial charge in [0, 0.05) is 12.5 Å². The van der Waals surface area contributed by atoms with Crippen LogP contribution in [-0.4, -0.2) is 42.9 Å². The topological polar surface area (TPSA) is 84.9 Å². The maximum atomic E-state index is 14.0. The van der Waals surface area contributed by atoms with Gasteiger partial charge in [0.15, 0.2) is 0 Å². The minimum absolute atomic E-state index is 0.0569. The zero-order valence-electron chi connectivity index (χ0n) is 21.7. The quantitative estimate of drug-likeness (QED) is 0.468. The predicted octanol–water partition coefficient (Wildman–Crippen LogP) is 5.09. The van der Waals surface area contributed by atoms with E-state index in [4.69, 9.17) is 9.47 Å². The average molecular weight is 572 g/mol. The molecule has 1 heterocycles. The zero-order chi connectivity index (χ0) is 26.5. The number of benzene rings is 2. The van der Waals surface area contributed by atoms with E-state index in [1.807, 2.05) is 49.4 Å². The second-order valence-electron chi connectivity index (χ2n) is 10.0. The molecule has 1 N–H and O–H groups in total. The third kappa shape index (κ3) is 6.00. The van der Waals surface area contributed by atoms with Crippen molar-refractivity contribution in [2.75, 3.05) is 14.2 Å². The molecule has 2 aromatic carbocycles. The lowest BCUT2D eigenvalue weighted by Gasteiger charge is -2.35. The van der Waals surface area contributed by atoms with Crippen molar-refractivity contribution in [3.05, 3.63) is 63.6 Å². The molecule has 4 rings (SSSR count). The van der Waals surface area contributed by atoms with E-state index in [2.05, 4.69) is 21.2 Å². The number of likely N-dealkylation sites (tertiary alicyclic amines) is 1. The smallest absolute Gasteiger partial charge is 0.311 e. The number of carbonyl (C=O) groups excluding carboxylic acids is 3. The fourth-order valence-corrected chi connectivity index (χ4v) is 6.16. The van der Waals surface area contributed by atoms with Crippen LogP contribution in [0, 0.1) is 18.8 Å². The Morgan fingerprint density at radius 1 is 1.03 bits per heavy atom. The van der Waals surface area contributed by atoms with Gasteiger partial charge in [-0.25, -0.2) is 0 Å². The Balaban J connectivity index is 1.69. The molecular formula is C29H35BrN2O5. The number of aryl methyl sites for hydroxylation is 1. The standard InChI is InChI=1S/C29H35BrN2O5/c1-18-9-11-19(12-10-18)17-31-27(33)24-16-22(29(35)37-3)26(21-13-14-25(36-2)23(30)15-21)32(24)28(34)20-7-5-4-6-8-20/h9-15,20,22,24,26H,4-8,16-17H2,1-3H3,(H,31,33). The Labute approximate surface area is 227 Å². The molecule has 2 aromatic rings. The van der Waals surface area contributed by atoms with Gasteiger partial charge in [-0.15, -0.1) is 0 Å². The molecule has 7 nitrogen and oxygen atoms in total. The first-order valence-electron chi connectivity index (χ1n) is 12.9. The molecule has 0 aromatic heterocycles. The number of methoxy groups -OCH3 is 2. The second kappa shape index (κ2) is 12.1. The van der Waals surface area contributed by atoms with Crippen molar-refractivity contribution in [2.45, 2.75) is 64.1 Å². The molecule has 37 heavy (non-hydrogen) atoms. The normalized spacial score (nSPS) is 21.9. The van der Waals surface area contributed by atoms with Gasteiger partial charge < -0.3 is 19.7 Å². The summed E-state index contributed by atoms with van der Waals surface area (Å²) in [5.74, 6) is -0.900. The fraction of sp³-hybridized carbons (Fsp3) is 0.483. The van der Waals surface area contributed by atoms with Gasteiger partial charge >= 0.3 is 5.97 Å². The summed E-state index contributed by atoms with van der Waals surface area (Å²) in [5.41, 5.74) is 2.88. The highest BCUT2D eigenvalue weighted by molar-refractivity contribution is 9.10. The summed E-state index contributed by atoms with van der Waals surface area (Å²) >= 11 is 3.54. The van der Waals surface area contributed by atoms with E-state index in [0.29, 0.717) is 16.8 Å². The van der Waals surface area contributed by atoms with E-state index >= 15 is 0 Å². The highest BCUT2D eigenvalue weighted by atomic mass is 79.9. The molecule has 2 aliphatic rings. The van der Waals surface area contributed by atoms with Crippen LogP contribution in [0.5, 0.6) is 5.75 Å². The molecule has 2 amide bonds. The minimum atomic E-state index is -0.769. The molecule has 1 aliphatic carbocycles. The van der Waals surface area contributed by atoms with Gasteiger partial charge in [-0.1, -0.05) is 55.2 Å². The first-order valence-corrected chi connectivity index (χ1v) is 13.7. The minimum Gasteiger partial charge on any atom is -0.496 e. The van der Waals surface area contributed by atoms with Crippen LogP contribution in [-0.2, 0) is 25.7 Å². The van der Waals surface area contributed by atoms with Crippen molar-refractivity contribution in [2.24, 2.45) is 11.8 Å². The molecule has 0 bridgehead atoms. The summed E-state index contributed by atoms with van der Waals surface area (Å²) in [7, 11) is 2.93. The van der Waals surface area contributed by atoms with E-state index in [9.17, 15) is 14.4 Å². The largest absolute Gasteiger partial charge is 0.496 e. The monoisotopic (exact) mass is 570 g/mol. The Kier molecular flexibility index (Phi) is 8.90. The lowest BCUT2D eigenvalue weighted by Crippen LogP contribution is -2.49. The first-order chi connectivity index (χ1) is 17.8. The van der Waals surface area contributed by atoms with Gasteiger partial charge in [-0.3, -0.25) is 14.4 Å². The third-order valence-corrected chi connectivity index (χ3v) is 8.23. The summed E-state index contributed by atoms with van der Waals surface area (Å²) < 4.78 is 11.3. The summed E-state index contributed by atoms with van der Waals surface area (Å²) in [5, 5.41) is 3.01. The Morgan fingerprint density at radius 3 is 2.35 bits per heavy atom. The van der Waals surface area contributed by atoms with Crippen molar-refractivity contribution >= 4 is 33.7 Å². The number of hydrogen-bond donors (Lipinski definition) is 1. The van der Waals surface area contributed by atoms with E-state index in [-0.39, 0.29) is 24.2 Å². The summed E-state index contributed by atoms with van der Waals surface area (Å²) in [4.78, 5) is 42.3. The highest BCUT2D eigenvalue weighted by Gasteiger charge is 2.52. The predicted molar refractivity (Wildman–Crippen MR) is 144 cm³/mol. The zero-order valence-corrected chi connectivity index (χ0v) is 23.3. The van der Waals surface area contributed by atoms with Crippen molar-refractivity contribution in [1.29, 1.82) is 0 Å². The van der Waals surface area contributed by atoms with Crippen LogP contribution in [0.25, 0.3) is 0 Å². The van der Waals surface area contributed by atoms with Crippen LogP contribution in [0.3, 0.4) is 0 Å². The van der Waals surface area contributed by atoms with Gasteiger partial charge in [0.05, 0.1) is 30.7 Å². The van der Waals surface area contributed by atoms with E-state index in [1.165, 1.54) is 7.11 Å². The molecule has 1 aliphatic heterocycles. The van der Waals surface area contributed by atoms with Crippen molar-refractivity contribution in [3.8, 4) is 5.75 Å². The summed E-state index contributed by atoms with van der Waals surface area (Å²) in [6.45, 7) is 2.36. The summed E-state index contributed by atoms with van der Waals surface area (Å²) in [6.07, 6.45) is 4.91. The lowest BCUT2D eigenvalue weighted by molar-refractivity contribution is -0.148. The number of amides is 2. The maximum Gasteiger partial charge on any atom is 0.311 e. The van der Waals surface area contributed by atoms with Crippen LogP contribution >= 0.6 is 15.9 Å². The van der Waals surface area contributed by atoms with Crippen LogP contribution in [0.4, 0.5) is 0 Å². The number of ether oxygens (including phenoxy) is 2. The Hall–Kier alpha value is -2.87. The van der Waals surface area contributed by atoms with Crippen LogP contribution < -0.4 is 10.1 Å². The number of hydrogen-bond acceptors (Lipinski definition) is 5. The summed E-state index contributed by atoms with van der Waals surface area (Å²) in [6, 6.07) is 12.1. The molecule has 3 atom stereocenters. The highest BCUT2D eigenvalue weighted by Crippen LogP contribution is 2.45. The first kappa shape index (κ1) is 27.2. The van der Waals surface area contributed by atoms with Gasteiger partial charge in [0.25, 0.3) is 0 Å². The molecule has 3 unspecified atom stereocenters. The van der Waals surface area contributed by atoms with E-state index in [1.54, 1.807) is 12.0 Å². The van der Waals surface area contributed by atoms with Crippen LogP contribution in [0.2, 0.25) is 0 Å². The van der Waals surface area contributed by atoms with Crippen molar-refractivity contribution in [1.82, 2.24) is 10.2 Å².